The molecule has 1 aliphatic heterocycles. The fourth-order valence-corrected chi connectivity index (χ4v) is 4.77. The molecule has 5 rings (SSSR count). The molecule has 33 heavy (non-hydrogen) atoms. The number of rotatable bonds is 7. The van der Waals surface area contributed by atoms with E-state index in [9.17, 15) is 9.59 Å². The van der Waals surface area contributed by atoms with Crippen LogP contribution in [0.1, 0.15) is 30.9 Å². The van der Waals surface area contributed by atoms with Gasteiger partial charge in [-0.25, -0.2) is 4.79 Å². The van der Waals surface area contributed by atoms with Crippen LogP contribution < -0.4 is 10.6 Å². The quantitative estimate of drug-likeness (QED) is 0.332. The van der Waals surface area contributed by atoms with E-state index in [4.69, 9.17) is 9.57 Å². The van der Waals surface area contributed by atoms with E-state index in [1.165, 1.54) is 0 Å². The molecule has 1 amide bonds. The zero-order valence-corrected chi connectivity index (χ0v) is 18.5. The van der Waals surface area contributed by atoms with E-state index in [0.717, 1.165) is 28.0 Å². The van der Waals surface area contributed by atoms with Gasteiger partial charge in [0.05, 0.1) is 12.6 Å². The lowest BCUT2D eigenvalue weighted by atomic mass is 10.1. The molecule has 1 saturated heterocycles. The van der Waals surface area contributed by atoms with Crippen LogP contribution in [0.3, 0.4) is 0 Å². The summed E-state index contributed by atoms with van der Waals surface area (Å²) in [6.07, 6.45) is 2.42. The zero-order chi connectivity index (χ0) is 23.0. The maximum Gasteiger partial charge on any atom is 0.332 e. The van der Waals surface area contributed by atoms with Crippen molar-refractivity contribution in [3.63, 3.8) is 0 Å². The third kappa shape index (κ3) is 3.72. The maximum absolute atomic E-state index is 12.9. The van der Waals surface area contributed by atoms with Gasteiger partial charge in [-0.1, -0.05) is 59.8 Å². The van der Waals surface area contributed by atoms with Crippen LogP contribution in [0.2, 0.25) is 0 Å². The van der Waals surface area contributed by atoms with Crippen LogP contribution in [0.5, 0.6) is 0 Å². The number of fused-ring (bicyclic) bond motifs is 3. The number of carbonyl (C=O) groups is 2. The summed E-state index contributed by atoms with van der Waals surface area (Å²) in [5, 5.41) is 10.6. The van der Waals surface area contributed by atoms with Gasteiger partial charge in [-0.05, 0) is 24.5 Å². The average molecular weight is 446 g/mol. The molecule has 3 aliphatic rings. The zero-order valence-electron chi connectivity index (χ0n) is 18.5. The Hall–Kier alpha value is -3.45. The van der Waals surface area contributed by atoms with Gasteiger partial charge in [-0.2, -0.15) is 0 Å². The first-order valence-corrected chi connectivity index (χ1v) is 11.4. The minimum Gasteiger partial charge on any atom is -0.464 e. The summed E-state index contributed by atoms with van der Waals surface area (Å²) in [6.45, 7) is 6.28. The molecule has 0 bridgehead atoms. The van der Waals surface area contributed by atoms with Gasteiger partial charge in [0, 0.05) is 30.0 Å². The first-order chi connectivity index (χ1) is 16.1. The molecule has 170 valence electrons. The summed E-state index contributed by atoms with van der Waals surface area (Å²) in [6, 6.07) is 15.8. The summed E-state index contributed by atoms with van der Waals surface area (Å²) in [5.41, 5.74) is 4.18. The van der Waals surface area contributed by atoms with Crippen molar-refractivity contribution in [2.75, 3.05) is 13.2 Å². The lowest BCUT2D eigenvalue weighted by molar-refractivity contribution is -0.149. The highest BCUT2D eigenvalue weighted by molar-refractivity contribution is 6.24. The summed E-state index contributed by atoms with van der Waals surface area (Å²) in [5.74, 6) is -0.746. The lowest BCUT2D eigenvalue weighted by Gasteiger charge is -2.19. The first-order valence-electron chi connectivity index (χ1n) is 11.4. The molecule has 4 atom stereocenters. The summed E-state index contributed by atoms with van der Waals surface area (Å²) in [4.78, 5) is 31.2. The third-order valence-electron chi connectivity index (χ3n) is 6.64. The van der Waals surface area contributed by atoms with E-state index in [-0.39, 0.29) is 24.5 Å². The minimum absolute atomic E-state index is 0.108. The lowest BCUT2D eigenvalue weighted by Crippen LogP contribution is -2.51. The van der Waals surface area contributed by atoms with Crippen molar-refractivity contribution in [2.45, 2.75) is 37.5 Å². The van der Waals surface area contributed by atoms with Crippen LogP contribution in [-0.2, 0) is 19.2 Å². The van der Waals surface area contributed by atoms with Crippen molar-refractivity contribution >= 4 is 17.6 Å². The molecule has 1 unspecified atom stereocenters. The Bertz CT molecular complexity index is 1100. The second kappa shape index (κ2) is 8.48. The number of benzene rings is 2. The molecular formula is C26H27N3O4. The van der Waals surface area contributed by atoms with Gasteiger partial charge >= 0.3 is 5.97 Å². The number of amides is 1. The second-order valence-corrected chi connectivity index (χ2v) is 8.68. The first kappa shape index (κ1) is 21.4. The number of nitrogens with zero attached hydrogens (tertiary/aromatic N) is 1. The van der Waals surface area contributed by atoms with Crippen LogP contribution >= 0.6 is 0 Å². The van der Waals surface area contributed by atoms with Crippen LogP contribution in [0.15, 0.2) is 66.3 Å². The highest BCUT2D eigenvalue weighted by Gasteiger charge is 2.61. The molecule has 2 fully saturated rings. The van der Waals surface area contributed by atoms with Crippen LogP contribution in [0, 0.1) is 5.92 Å². The molecule has 7 heteroatoms. The Morgan fingerprint density at radius 3 is 2.36 bits per heavy atom. The number of esters is 1. The smallest absolute Gasteiger partial charge is 0.332 e. The molecule has 7 nitrogen and oxygen atoms in total. The molecular weight excluding hydrogens is 418 g/mol. The van der Waals surface area contributed by atoms with Crippen molar-refractivity contribution in [1.82, 2.24) is 10.6 Å². The number of ether oxygens (including phenoxy) is 1. The standard InChI is InChI=1S/C26H27N3O4/c1-3-16-14-26(16,25(31)32-4-2)28-24(30)22-13-17(15-27-22)33-29-23-20-11-7-5-9-18(20)19-10-6-8-12-21(19)23/h3,5-12,16-17,22,27H,1,4,13-15H2,2H3,(H,28,30)/t16?,17-,22+,26-/m1/s1. The highest BCUT2D eigenvalue weighted by atomic mass is 16.6. The Kier molecular flexibility index (Phi) is 5.50. The Balaban J connectivity index is 1.25. The van der Waals surface area contributed by atoms with Crippen molar-refractivity contribution in [1.29, 1.82) is 0 Å². The van der Waals surface area contributed by atoms with Crippen molar-refractivity contribution in [2.24, 2.45) is 11.1 Å². The van der Waals surface area contributed by atoms with Crippen molar-refractivity contribution in [3.05, 3.63) is 72.3 Å². The normalized spacial score (nSPS) is 26.7. The number of carbonyl (C=O) groups excluding carboxylic acids is 2. The predicted molar refractivity (Wildman–Crippen MR) is 125 cm³/mol. The van der Waals surface area contributed by atoms with E-state index >= 15 is 0 Å². The van der Waals surface area contributed by atoms with Crippen LogP contribution in [0.25, 0.3) is 11.1 Å². The van der Waals surface area contributed by atoms with Crippen molar-refractivity contribution < 1.29 is 19.2 Å². The Morgan fingerprint density at radius 1 is 1.15 bits per heavy atom. The van der Waals surface area contributed by atoms with E-state index in [2.05, 4.69) is 34.5 Å². The van der Waals surface area contributed by atoms with Gasteiger partial charge in [-0.3, -0.25) is 4.79 Å². The van der Waals surface area contributed by atoms with Crippen LogP contribution in [-0.4, -0.2) is 48.4 Å². The predicted octanol–water partition coefficient (Wildman–Crippen LogP) is 2.79. The monoisotopic (exact) mass is 445 g/mol. The summed E-state index contributed by atoms with van der Waals surface area (Å²) >= 11 is 0. The Labute approximate surface area is 192 Å². The fraction of sp³-hybridized carbons (Fsp3) is 0.346. The number of hydrogen-bond acceptors (Lipinski definition) is 6. The molecule has 0 aromatic heterocycles. The molecule has 0 spiro atoms. The molecule has 1 heterocycles. The van der Waals surface area contributed by atoms with E-state index in [0.29, 0.717) is 19.4 Å². The number of oxime groups is 1. The van der Waals surface area contributed by atoms with Crippen molar-refractivity contribution in [3.8, 4) is 11.1 Å². The van der Waals surface area contributed by atoms with Crippen LogP contribution in [0.4, 0.5) is 0 Å². The fourth-order valence-electron chi connectivity index (χ4n) is 4.77. The van der Waals surface area contributed by atoms with E-state index in [1.54, 1.807) is 13.0 Å². The molecule has 2 N–H and O–H groups in total. The topological polar surface area (TPSA) is 89.0 Å². The third-order valence-corrected chi connectivity index (χ3v) is 6.64. The molecule has 2 aromatic carbocycles. The summed E-state index contributed by atoms with van der Waals surface area (Å²) in [7, 11) is 0. The van der Waals surface area contributed by atoms with Gasteiger partial charge in [-0.15, -0.1) is 6.58 Å². The molecule has 2 aromatic rings. The summed E-state index contributed by atoms with van der Waals surface area (Å²) < 4.78 is 5.17. The van der Waals surface area contributed by atoms with Gasteiger partial charge in [0.25, 0.3) is 0 Å². The van der Waals surface area contributed by atoms with Gasteiger partial charge < -0.3 is 20.2 Å². The second-order valence-electron chi connectivity index (χ2n) is 8.68. The highest BCUT2D eigenvalue weighted by Crippen LogP contribution is 2.45. The van der Waals surface area contributed by atoms with E-state index < -0.39 is 17.6 Å². The Morgan fingerprint density at radius 2 is 1.79 bits per heavy atom. The molecule has 2 aliphatic carbocycles. The molecule has 1 saturated carbocycles. The largest absolute Gasteiger partial charge is 0.464 e. The van der Waals surface area contributed by atoms with E-state index in [1.807, 2.05) is 36.4 Å². The number of nitrogens with one attached hydrogen (secondary N) is 2. The molecule has 0 radical (unpaired) electrons. The van der Waals surface area contributed by atoms with Gasteiger partial charge in [0.15, 0.2) is 0 Å². The van der Waals surface area contributed by atoms with Gasteiger partial charge in [0.1, 0.15) is 17.4 Å². The SMILES string of the molecule is C=CC1C[C@]1(NC(=O)[C@@H]1C[C@@H](ON=C2c3ccccc3-c3ccccc32)CN1)C(=O)OCC. The average Bonchev–Trinajstić information content (AvgIpc) is 3.19. The minimum atomic E-state index is -0.993. The number of hydrogen-bond donors (Lipinski definition) is 2. The maximum atomic E-state index is 12.9. The van der Waals surface area contributed by atoms with Gasteiger partial charge in [0.2, 0.25) is 5.91 Å².